The van der Waals surface area contributed by atoms with Gasteiger partial charge in [0.2, 0.25) is 0 Å². The van der Waals surface area contributed by atoms with Crippen LogP contribution in [-0.4, -0.2) is 31.1 Å². The van der Waals surface area contributed by atoms with Crippen LogP contribution in [0.15, 0.2) is 30.3 Å². The van der Waals surface area contributed by atoms with E-state index in [1.807, 2.05) is 0 Å². The van der Waals surface area contributed by atoms with E-state index in [9.17, 15) is 4.79 Å². The van der Waals surface area contributed by atoms with Crippen molar-refractivity contribution in [1.82, 2.24) is 0 Å². The van der Waals surface area contributed by atoms with E-state index in [4.69, 9.17) is 14.2 Å². The summed E-state index contributed by atoms with van der Waals surface area (Å²) in [6, 6.07) is 10.9. The quantitative estimate of drug-likeness (QED) is 0.397. The molecule has 4 heteroatoms. The average molecular weight is 415 g/mol. The zero-order valence-electron chi connectivity index (χ0n) is 18.3. The molecule has 1 aromatic carbocycles. The van der Waals surface area contributed by atoms with E-state index in [1.165, 1.54) is 37.7 Å². The second kappa shape index (κ2) is 11.3. The first-order chi connectivity index (χ1) is 14.8. The van der Waals surface area contributed by atoms with Crippen molar-refractivity contribution in [2.24, 2.45) is 5.92 Å². The molecule has 1 aromatic rings. The normalized spacial score (nSPS) is 30.7. The van der Waals surface area contributed by atoms with E-state index < -0.39 is 0 Å². The summed E-state index contributed by atoms with van der Waals surface area (Å²) in [5.74, 6) is 0.880. The van der Waals surface area contributed by atoms with Gasteiger partial charge in [-0.15, -0.1) is 0 Å². The molecule has 0 bridgehead atoms. The minimum atomic E-state index is 0.0495. The van der Waals surface area contributed by atoms with E-state index in [0.29, 0.717) is 18.8 Å². The molecule has 4 rings (SSSR count). The molecule has 4 nitrogen and oxygen atoms in total. The molecule has 3 fully saturated rings. The summed E-state index contributed by atoms with van der Waals surface area (Å²) in [5.41, 5.74) is 1.47. The zero-order valence-corrected chi connectivity index (χ0v) is 18.3. The number of rotatable bonds is 7. The highest BCUT2D eigenvalue weighted by Gasteiger charge is 2.29. The number of esters is 1. The molecule has 0 saturated heterocycles. The standard InChI is InChI=1S/C26H38O4/c27-26(22-9-5-2-6-10-22)30-25-17-15-24(16-18-25)29-19-28-23-13-11-21(12-14-23)20-7-3-1-4-8-20/h1,3-4,7-8,21-25H,2,5-6,9-19H2. The molecule has 0 N–H and O–H groups in total. The maximum Gasteiger partial charge on any atom is 0.309 e. The van der Waals surface area contributed by atoms with E-state index in [2.05, 4.69) is 30.3 Å². The summed E-state index contributed by atoms with van der Waals surface area (Å²) >= 11 is 0. The SMILES string of the molecule is O=C(OC1CCC(OCOC2CCC(c3ccccc3)CC2)CC1)C1CCCCC1. The van der Waals surface area contributed by atoms with Crippen molar-refractivity contribution in [3.8, 4) is 0 Å². The van der Waals surface area contributed by atoms with Crippen LogP contribution in [0.5, 0.6) is 0 Å². The molecule has 0 radical (unpaired) electrons. The predicted octanol–water partition coefficient (Wildman–Crippen LogP) is 6.14. The van der Waals surface area contributed by atoms with Gasteiger partial charge in [0.1, 0.15) is 12.9 Å². The Kier molecular flexibility index (Phi) is 8.22. The molecule has 0 amide bonds. The average Bonchev–Trinajstić information content (AvgIpc) is 2.82. The van der Waals surface area contributed by atoms with Crippen molar-refractivity contribution >= 4 is 5.97 Å². The fraction of sp³-hybridized carbons (Fsp3) is 0.731. The first kappa shape index (κ1) is 21.8. The van der Waals surface area contributed by atoms with Crippen LogP contribution in [0.4, 0.5) is 0 Å². The number of carbonyl (C=O) groups is 1. The Morgan fingerprint density at radius 3 is 1.90 bits per heavy atom. The van der Waals surface area contributed by atoms with Crippen LogP contribution in [0.25, 0.3) is 0 Å². The Bertz CT molecular complexity index is 624. The van der Waals surface area contributed by atoms with Gasteiger partial charge in [0.05, 0.1) is 18.1 Å². The van der Waals surface area contributed by atoms with E-state index in [1.54, 1.807) is 0 Å². The molecule has 3 aliphatic carbocycles. The van der Waals surface area contributed by atoms with Gasteiger partial charge in [0.25, 0.3) is 0 Å². The Morgan fingerprint density at radius 1 is 0.700 bits per heavy atom. The van der Waals surface area contributed by atoms with Gasteiger partial charge in [-0.3, -0.25) is 4.79 Å². The molecule has 166 valence electrons. The highest BCUT2D eigenvalue weighted by molar-refractivity contribution is 5.72. The van der Waals surface area contributed by atoms with Gasteiger partial charge in [-0.05, 0) is 75.7 Å². The first-order valence-corrected chi connectivity index (χ1v) is 12.3. The lowest BCUT2D eigenvalue weighted by molar-refractivity contribution is -0.162. The Labute approximate surface area is 181 Å². The summed E-state index contributed by atoms with van der Waals surface area (Å²) in [6.45, 7) is 0.401. The van der Waals surface area contributed by atoms with Gasteiger partial charge in [-0.25, -0.2) is 0 Å². The maximum atomic E-state index is 12.3. The minimum Gasteiger partial charge on any atom is -0.462 e. The van der Waals surface area contributed by atoms with Crippen LogP contribution in [0.3, 0.4) is 0 Å². The van der Waals surface area contributed by atoms with Crippen LogP contribution >= 0.6 is 0 Å². The molecule has 0 atom stereocenters. The van der Waals surface area contributed by atoms with Gasteiger partial charge >= 0.3 is 5.97 Å². The molecule has 3 aliphatic rings. The highest BCUT2D eigenvalue weighted by atomic mass is 16.7. The van der Waals surface area contributed by atoms with E-state index >= 15 is 0 Å². The summed E-state index contributed by atoms with van der Waals surface area (Å²) in [6.07, 6.45) is 14.7. The summed E-state index contributed by atoms with van der Waals surface area (Å²) in [4.78, 5) is 12.3. The lowest BCUT2D eigenvalue weighted by Gasteiger charge is -2.31. The molecule has 0 unspecified atom stereocenters. The molecule has 0 heterocycles. The largest absolute Gasteiger partial charge is 0.462 e. The smallest absolute Gasteiger partial charge is 0.309 e. The molecule has 30 heavy (non-hydrogen) atoms. The van der Waals surface area contributed by atoms with Crippen molar-refractivity contribution in [2.75, 3.05) is 6.79 Å². The topological polar surface area (TPSA) is 44.8 Å². The summed E-state index contributed by atoms with van der Waals surface area (Å²) < 4.78 is 17.8. The lowest BCUT2D eigenvalue weighted by Crippen LogP contribution is -2.32. The Balaban J connectivity index is 1.07. The van der Waals surface area contributed by atoms with Gasteiger partial charge in [0, 0.05) is 0 Å². The number of hydrogen-bond donors (Lipinski definition) is 0. The van der Waals surface area contributed by atoms with Crippen molar-refractivity contribution < 1.29 is 19.0 Å². The van der Waals surface area contributed by atoms with Gasteiger partial charge in [-0.1, -0.05) is 49.6 Å². The third-order valence-corrected chi connectivity index (χ3v) is 7.40. The van der Waals surface area contributed by atoms with Gasteiger partial charge < -0.3 is 14.2 Å². The fourth-order valence-corrected chi connectivity index (χ4v) is 5.44. The van der Waals surface area contributed by atoms with E-state index in [0.717, 1.165) is 51.4 Å². The van der Waals surface area contributed by atoms with Crippen molar-refractivity contribution in [3.05, 3.63) is 35.9 Å². The number of benzene rings is 1. The van der Waals surface area contributed by atoms with Crippen LogP contribution < -0.4 is 0 Å². The lowest BCUT2D eigenvalue weighted by atomic mass is 9.83. The predicted molar refractivity (Wildman–Crippen MR) is 117 cm³/mol. The fourth-order valence-electron chi connectivity index (χ4n) is 5.44. The molecule has 0 spiro atoms. The second-order valence-electron chi connectivity index (χ2n) is 9.51. The molecule has 0 aliphatic heterocycles. The number of hydrogen-bond acceptors (Lipinski definition) is 4. The zero-order chi connectivity index (χ0) is 20.6. The molecular formula is C26H38O4. The first-order valence-electron chi connectivity index (χ1n) is 12.3. The van der Waals surface area contributed by atoms with E-state index in [-0.39, 0.29) is 24.1 Å². The highest BCUT2D eigenvalue weighted by Crippen LogP contribution is 2.34. The number of ether oxygens (including phenoxy) is 3. The van der Waals surface area contributed by atoms with Crippen molar-refractivity contribution in [1.29, 1.82) is 0 Å². The Hall–Kier alpha value is -1.39. The molecule has 0 aromatic heterocycles. The Morgan fingerprint density at radius 2 is 1.27 bits per heavy atom. The van der Waals surface area contributed by atoms with Crippen molar-refractivity contribution in [3.63, 3.8) is 0 Å². The van der Waals surface area contributed by atoms with Crippen LogP contribution in [0, 0.1) is 5.92 Å². The monoisotopic (exact) mass is 414 g/mol. The van der Waals surface area contributed by atoms with Crippen LogP contribution in [-0.2, 0) is 19.0 Å². The summed E-state index contributed by atoms with van der Waals surface area (Å²) in [5, 5.41) is 0. The molecular weight excluding hydrogens is 376 g/mol. The maximum absolute atomic E-state index is 12.3. The van der Waals surface area contributed by atoms with Crippen molar-refractivity contribution in [2.45, 2.75) is 108 Å². The van der Waals surface area contributed by atoms with Gasteiger partial charge in [-0.2, -0.15) is 0 Å². The third-order valence-electron chi connectivity index (χ3n) is 7.40. The van der Waals surface area contributed by atoms with Crippen LogP contribution in [0.2, 0.25) is 0 Å². The summed E-state index contributed by atoms with van der Waals surface area (Å²) in [7, 11) is 0. The van der Waals surface area contributed by atoms with Gasteiger partial charge in [0.15, 0.2) is 0 Å². The number of carbonyl (C=O) groups excluding carboxylic acids is 1. The minimum absolute atomic E-state index is 0.0495. The third kappa shape index (κ3) is 6.31. The van der Waals surface area contributed by atoms with Crippen LogP contribution in [0.1, 0.15) is 95.0 Å². The molecule has 3 saturated carbocycles. The second-order valence-corrected chi connectivity index (χ2v) is 9.51.